The molecule has 5 heteroatoms. The first-order chi connectivity index (χ1) is 10.1. The number of benzene rings is 2. The molecule has 0 atom stereocenters. The predicted octanol–water partition coefficient (Wildman–Crippen LogP) is 3.21. The van der Waals surface area contributed by atoms with Crippen LogP contribution >= 0.6 is 0 Å². The van der Waals surface area contributed by atoms with Crippen molar-refractivity contribution in [3.05, 3.63) is 65.3 Å². The summed E-state index contributed by atoms with van der Waals surface area (Å²) in [6.07, 6.45) is 0. The molecule has 106 valence electrons. The van der Waals surface area contributed by atoms with Gasteiger partial charge in [0.2, 0.25) is 0 Å². The number of hydrogen-bond donors (Lipinski definition) is 1. The van der Waals surface area contributed by atoms with Gasteiger partial charge in [-0.25, -0.2) is 4.39 Å². The Morgan fingerprint density at radius 1 is 1.24 bits per heavy atom. The monoisotopic (exact) mass is 284 g/mol. The molecule has 0 radical (unpaired) electrons. The quantitative estimate of drug-likeness (QED) is 0.803. The summed E-state index contributed by atoms with van der Waals surface area (Å²) in [5, 5.41) is 7.52. The maximum atomic E-state index is 13.7. The summed E-state index contributed by atoms with van der Waals surface area (Å²) in [7, 11) is 0. The lowest BCUT2D eigenvalue weighted by Crippen LogP contribution is -2.22. The zero-order chi connectivity index (χ0) is 14.8. The molecule has 2 aromatic carbocycles. The fraction of sp³-hybridized carbons (Fsp3) is 0.125. The van der Waals surface area contributed by atoms with Crippen LogP contribution in [0.2, 0.25) is 0 Å². The molecule has 1 heterocycles. The number of hydrogen-bond acceptors (Lipinski definition) is 3. The maximum Gasteiger partial charge on any atom is 0.252 e. The molecule has 1 aromatic heterocycles. The van der Waals surface area contributed by atoms with Gasteiger partial charge in [-0.05, 0) is 24.4 Å². The van der Waals surface area contributed by atoms with Gasteiger partial charge in [-0.15, -0.1) is 0 Å². The van der Waals surface area contributed by atoms with E-state index in [4.69, 9.17) is 4.52 Å². The molecule has 0 aliphatic rings. The summed E-state index contributed by atoms with van der Waals surface area (Å²) < 4.78 is 18.8. The highest BCUT2D eigenvalue weighted by Gasteiger charge is 2.12. The van der Waals surface area contributed by atoms with Crippen LogP contribution in [0.4, 0.5) is 4.39 Å². The van der Waals surface area contributed by atoms with E-state index in [2.05, 4.69) is 10.5 Å². The number of nitrogens with zero attached hydrogens (tertiary/aromatic N) is 1. The fourth-order valence-electron chi connectivity index (χ4n) is 2.22. The Hall–Kier alpha value is -2.69. The molecule has 0 bridgehead atoms. The molecular formula is C16H13FN2O2. The van der Waals surface area contributed by atoms with Crippen LogP contribution in [0.3, 0.4) is 0 Å². The number of halogens is 1. The Morgan fingerprint density at radius 2 is 2.00 bits per heavy atom. The van der Waals surface area contributed by atoms with Crippen molar-refractivity contribution in [3.63, 3.8) is 0 Å². The van der Waals surface area contributed by atoms with Crippen LogP contribution < -0.4 is 5.32 Å². The van der Waals surface area contributed by atoms with Gasteiger partial charge >= 0.3 is 0 Å². The molecule has 3 rings (SSSR count). The highest BCUT2D eigenvalue weighted by atomic mass is 19.1. The third-order valence-corrected chi connectivity index (χ3v) is 3.22. The first-order valence-corrected chi connectivity index (χ1v) is 6.53. The van der Waals surface area contributed by atoms with Crippen LogP contribution in [0.5, 0.6) is 0 Å². The molecule has 0 saturated carbocycles. The predicted molar refractivity (Wildman–Crippen MR) is 76.3 cm³/mol. The minimum absolute atomic E-state index is 0.241. The third kappa shape index (κ3) is 2.63. The Balaban J connectivity index is 1.86. The molecule has 0 spiro atoms. The van der Waals surface area contributed by atoms with Crippen molar-refractivity contribution < 1.29 is 13.7 Å². The summed E-state index contributed by atoms with van der Waals surface area (Å²) in [5.74, 6) is -0.0412. The van der Waals surface area contributed by atoms with Crippen molar-refractivity contribution in [2.45, 2.75) is 13.5 Å². The highest BCUT2D eigenvalue weighted by molar-refractivity contribution is 6.07. The van der Waals surface area contributed by atoms with E-state index in [0.29, 0.717) is 22.1 Å². The fourth-order valence-corrected chi connectivity index (χ4v) is 2.22. The SMILES string of the molecule is Cc1cc(CNC(=O)c2ccc(F)c3ccccc23)on1. The average molecular weight is 284 g/mol. The minimum Gasteiger partial charge on any atom is -0.359 e. The number of nitrogens with one attached hydrogen (secondary N) is 1. The molecule has 0 saturated heterocycles. The first-order valence-electron chi connectivity index (χ1n) is 6.53. The van der Waals surface area contributed by atoms with E-state index in [-0.39, 0.29) is 18.3 Å². The zero-order valence-electron chi connectivity index (χ0n) is 11.4. The Bertz CT molecular complexity index is 811. The second-order valence-electron chi connectivity index (χ2n) is 4.76. The normalized spacial score (nSPS) is 10.8. The molecular weight excluding hydrogens is 271 g/mol. The van der Waals surface area contributed by atoms with Gasteiger partial charge in [-0.2, -0.15) is 0 Å². The van der Waals surface area contributed by atoms with Gasteiger partial charge in [0.05, 0.1) is 12.2 Å². The van der Waals surface area contributed by atoms with E-state index in [1.807, 2.05) is 6.92 Å². The highest BCUT2D eigenvalue weighted by Crippen LogP contribution is 2.21. The van der Waals surface area contributed by atoms with Crippen molar-refractivity contribution >= 4 is 16.7 Å². The van der Waals surface area contributed by atoms with E-state index in [0.717, 1.165) is 5.69 Å². The number of aryl methyl sites for hydroxylation is 1. The van der Waals surface area contributed by atoms with Gasteiger partial charge in [0.15, 0.2) is 5.76 Å². The largest absolute Gasteiger partial charge is 0.359 e. The molecule has 0 aliphatic heterocycles. The zero-order valence-corrected chi connectivity index (χ0v) is 11.4. The van der Waals surface area contributed by atoms with Gasteiger partial charge in [-0.1, -0.05) is 29.4 Å². The topological polar surface area (TPSA) is 55.1 Å². The van der Waals surface area contributed by atoms with E-state index in [9.17, 15) is 9.18 Å². The first kappa shape index (κ1) is 13.3. The number of rotatable bonds is 3. The molecule has 21 heavy (non-hydrogen) atoms. The van der Waals surface area contributed by atoms with Crippen molar-refractivity contribution in [1.82, 2.24) is 10.5 Å². The Morgan fingerprint density at radius 3 is 2.71 bits per heavy atom. The molecule has 1 amide bonds. The van der Waals surface area contributed by atoms with E-state index < -0.39 is 0 Å². The summed E-state index contributed by atoms with van der Waals surface area (Å²) in [6.45, 7) is 2.05. The molecule has 4 nitrogen and oxygen atoms in total. The van der Waals surface area contributed by atoms with E-state index in [1.165, 1.54) is 12.1 Å². The molecule has 0 unspecified atom stereocenters. The minimum atomic E-state index is -0.340. The number of fused-ring (bicyclic) bond motifs is 1. The van der Waals surface area contributed by atoms with Gasteiger partial charge < -0.3 is 9.84 Å². The van der Waals surface area contributed by atoms with E-state index in [1.54, 1.807) is 30.3 Å². The lowest BCUT2D eigenvalue weighted by Gasteiger charge is -2.07. The van der Waals surface area contributed by atoms with Crippen molar-refractivity contribution in [2.75, 3.05) is 0 Å². The van der Waals surface area contributed by atoms with Crippen molar-refractivity contribution in [1.29, 1.82) is 0 Å². The van der Waals surface area contributed by atoms with Crippen LogP contribution in [-0.2, 0) is 6.54 Å². The Kier molecular flexibility index (Phi) is 3.39. The number of aromatic nitrogens is 1. The van der Waals surface area contributed by atoms with E-state index >= 15 is 0 Å². The summed E-state index contributed by atoms with van der Waals surface area (Å²) in [4.78, 5) is 12.3. The third-order valence-electron chi connectivity index (χ3n) is 3.22. The standard InChI is InChI=1S/C16H13FN2O2/c1-10-8-11(21-19-10)9-18-16(20)14-6-7-15(17)13-5-3-2-4-12(13)14/h2-8H,9H2,1H3,(H,18,20). The van der Waals surface area contributed by atoms with Crippen LogP contribution in [0, 0.1) is 12.7 Å². The summed E-state index contributed by atoms with van der Waals surface area (Å²) in [6, 6.07) is 11.4. The van der Waals surface area contributed by atoms with Crippen LogP contribution in [0.1, 0.15) is 21.8 Å². The van der Waals surface area contributed by atoms with Crippen LogP contribution in [0.25, 0.3) is 10.8 Å². The number of carbonyl (C=O) groups excluding carboxylic acids is 1. The van der Waals surface area contributed by atoms with Crippen LogP contribution in [0.15, 0.2) is 47.0 Å². The van der Waals surface area contributed by atoms with Crippen molar-refractivity contribution in [2.24, 2.45) is 0 Å². The number of carbonyl (C=O) groups is 1. The Labute approximate surface area is 120 Å². The smallest absolute Gasteiger partial charge is 0.252 e. The average Bonchev–Trinajstić information content (AvgIpc) is 2.91. The number of amides is 1. The summed E-state index contributed by atoms with van der Waals surface area (Å²) in [5.41, 5.74) is 1.19. The summed E-state index contributed by atoms with van der Waals surface area (Å²) >= 11 is 0. The second kappa shape index (κ2) is 5.36. The van der Waals surface area contributed by atoms with Gasteiger partial charge in [0, 0.05) is 17.0 Å². The lowest BCUT2D eigenvalue weighted by atomic mass is 10.0. The molecule has 0 fully saturated rings. The van der Waals surface area contributed by atoms with Gasteiger partial charge in [0.25, 0.3) is 5.91 Å². The van der Waals surface area contributed by atoms with Gasteiger partial charge in [0.1, 0.15) is 5.82 Å². The lowest BCUT2D eigenvalue weighted by molar-refractivity contribution is 0.0948. The maximum absolute atomic E-state index is 13.7. The van der Waals surface area contributed by atoms with Gasteiger partial charge in [-0.3, -0.25) is 4.79 Å². The molecule has 0 aliphatic carbocycles. The second-order valence-corrected chi connectivity index (χ2v) is 4.76. The van der Waals surface area contributed by atoms with Crippen molar-refractivity contribution in [3.8, 4) is 0 Å². The molecule has 3 aromatic rings. The van der Waals surface area contributed by atoms with Crippen LogP contribution in [-0.4, -0.2) is 11.1 Å². The molecule has 1 N–H and O–H groups in total.